The van der Waals surface area contributed by atoms with E-state index in [1.54, 1.807) is 0 Å². The van der Waals surface area contributed by atoms with Crippen molar-refractivity contribution in [2.75, 3.05) is 6.26 Å². The van der Waals surface area contributed by atoms with Crippen LogP contribution in [0.15, 0.2) is 56.2 Å². The molecule has 1 atom stereocenters. The molecule has 0 aliphatic carbocycles. The lowest BCUT2D eigenvalue weighted by atomic mass is 10.2. The quantitative estimate of drug-likeness (QED) is 0.588. The van der Waals surface area contributed by atoms with Gasteiger partial charge < -0.3 is 4.52 Å². The molecule has 0 radical (unpaired) electrons. The molecule has 0 spiro atoms. The minimum absolute atomic E-state index is 0.0740. The molecule has 2 aromatic carbocycles. The van der Waals surface area contributed by atoms with Crippen LogP contribution in [-0.4, -0.2) is 20.6 Å². The average molecular weight is 403 g/mol. The Morgan fingerprint density at radius 3 is 2.30 bits per heavy atom. The summed E-state index contributed by atoms with van der Waals surface area (Å²) in [5, 5.41) is 3.16. The Bertz CT molecular complexity index is 1100. The smallest absolute Gasteiger partial charge is 0.329 e. The molecular formula is C16H10F5N3O2S. The van der Waals surface area contributed by atoms with Crippen LogP contribution in [0.5, 0.6) is 0 Å². The molecule has 142 valence electrons. The number of nitrogens with zero attached hydrogens (tertiary/aromatic N) is 3. The highest BCUT2D eigenvalue weighted by molar-refractivity contribution is 7.93. The van der Waals surface area contributed by atoms with Crippen LogP contribution in [0.4, 0.5) is 27.6 Å². The molecular weight excluding hydrogens is 393 g/mol. The van der Waals surface area contributed by atoms with Gasteiger partial charge in [0.25, 0.3) is 0 Å². The maximum absolute atomic E-state index is 14.3. The molecule has 0 aliphatic rings. The topological polar surface area (TPSA) is 68.3 Å². The van der Waals surface area contributed by atoms with E-state index in [1.807, 2.05) is 0 Å². The third kappa shape index (κ3) is 4.13. The third-order valence-electron chi connectivity index (χ3n) is 3.40. The summed E-state index contributed by atoms with van der Waals surface area (Å²) in [5.41, 5.74) is -0.356. The Hall–Kier alpha value is -2.82. The molecule has 0 N–H and O–H groups in total. The van der Waals surface area contributed by atoms with Crippen LogP contribution >= 0.6 is 0 Å². The van der Waals surface area contributed by atoms with E-state index in [9.17, 15) is 26.2 Å². The van der Waals surface area contributed by atoms with E-state index in [-0.39, 0.29) is 16.1 Å². The second-order valence-electron chi connectivity index (χ2n) is 5.43. The molecule has 3 rings (SSSR count). The molecule has 0 bridgehead atoms. The van der Waals surface area contributed by atoms with Crippen LogP contribution in [0.25, 0.3) is 11.4 Å². The fourth-order valence-corrected chi connectivity index (χ4v) is 3.37. The molecule has 3 aromatic rings. The van der Waals surface area contributed by atoms with Gasteiger partial charge in [0.1, 0.15) is 17.3 Å². The van der Waals surface area contributed by atoms with Crippen molar-refractivity contribution in [3.8, 4) is 11.4 Å². The van der Waals surface area contributed by atoms with Crippen LogP contribution < -0.4 is 0 Å². The van der Waals surface area contributed by atoms with E-state index in [0.29, 0.717) is 0 Å². The predicted octanol–water partition coefficient (Wildman–Crippen LogP) is 4.82. The van der Waals surface area contributed by atoms with Crippen molar-refractivity contribution in [2.45, 2.75) is 11.1 Å². The first kappa shape index (κ1) is 19.0. The van der Waals surface area contributed by atoms with Crippen LogP contribution in [0.3, 0.4) is 0 Å². The number of hydrogen-bond donors (Lipinski definition) is 0. The predicted molar refractivity (Wildman–Crippen MR) is 85.5 cm³/mol. The number of hydrogen-bond acceptors (Lipinski definition) is 5. The zero-order valence-electron chi connectivity index (χ0n) is 13.5. The Morgan fingerprint density at radius 2 is 1.74 bits per heavy atom. The summed E-state index contributed by atoms with van der Waals surface area (Å²) in [6, 6.07) is 7.93. The molecule has 1 aromatic heterocycles. The standard InChI is InChI=1S/C16H10F5N3O2S/c1-27(25,11-5-3-10(17)4-6-11)24-13-7-2-9(8-12(13)18)14-22-15(26-23-14)16(19,20)21/h2-8H,1H3. The van der Waals surface area contributed by atoms with E-state index < -0.39 is 39.3 Å². The van der Waals surface area contributed by atoms with Gasteiger partial charge >= 0.3 is 12.1 Å². The van der Waals surface area contributed by atoms with Gasteiger partial charge in [0.15, 0.2) is 0 Å². The molecule has 11 heteroatoms. The number of rotatable bonds is 3. The summed E-state index contributed by atoms with van der Waals surface area (Å²) in [5.74, 6) is -3.48. The van der Waals surface area contributed by atoms with Crippen LogP contribution in [-0.2, 0) is 15.9 Å². The van der Waals surface area contributed by atoms with Gasteiger partial charge in [-0.25, -0.2) is 13.0 Å². The Kier molecular flexibility index (Phi) is 4.72. The fraction of sp³-hybridized carbons (Fsp3) is 0.125. The Labute approximate surface area is 150 Å². The largest absolute Gasteiger partial charge is 0.471 e. The van der Waals surface area contributed by atoms with Crippen LogP contribution in [0.1, 0.15) is 5.89 Å². The van der Waals surface area contributed by atoms with Crippen molar-refractivity contribution in [2.24, 2.45) is 4.36 Å². The second-order valence-corrected chi connectivity index (χ2v) is 7.69. The van der Waals surface area contributed by atoms with E-state index >= 15 is 0 Å². The summed E-state index contributed by atoms with van der Waals surface area (Å²) < 4.78 is 85.4. The average Bonchev–Trinajstić information content (AvgIpc) is 3.07. The van der Waals surface area contributed by atoms with Crippen molar-refractivity contribution >= 4 is 15.4 Å². The van der Waals surface area contributed by atoms with E-state index in [1.165, 1.54) is 24.5 Å². The lowest BCUT2D eigenvalue weighted by molar-refractivity contribution is -0.159. The molecule has 0 saturated heterocycles. The maximum atomic E-state index is 14.3. The lowest BCUT2D eigenvalue weighted by Gasteiger charge is -2.06. The van der Waals surface area contributed by atoms with Crippen molar-refractivity contribution in [3.63, 3.8) is 0 Å². The number of alkyl halides is 3. The number of benzene rings is 2. The summed E-state index contributed by atoms with van der Waals surface area (Å²) in [6.07, 6.45) is -3.57. The van der Waals surface area contributed by atoms with Crippen molar-refractivity contribution in [1.82, 2.24) is 10.1 Å². The monoisotopic (exact) mass is 403 g/mol. The first-order valence-corrected chi connectivity index (χ1v) is 9.17. The molecule has 5 nitrogen and oxygen atoms in total. The molecule has 0 amide bonds. The number of aromatic nitrogens is 2. The van der Waals surface area contributed by atoms with Gasteiger partial charge in [-0.15, -0.1) is 0 Å². The van der Waals surface area contributed by atoms with Crippen molar-refractivity contribution in [1.29, 1.82) is 0 Å². The van der Waals surface area contributed by atoms with Gasteiger partial charge in [0.05, 0.1) is 9.73 Å². The van der Waals surface area contributed by atoms with Crippen LogP contribution in [0, 0.1) is 11.6 Å². The van der Waals surface area contributed by atoms with Crippen LogP contribution in [0.2, 0.25) is 0 Å². The zero-order chi connectivity index (χ0) is 19.8. The molecule has 0 aliphatic heterocycles. The van der Waals surface area contributed by atoms with Gasteiger partial charge in [-0.1, -0.05) is 5.16 Å². The summed E-state index contributed by atoms with van der Waals surface area (Å²) in [6.45, 7) is 0. The first-order valence-electron chi connectivity index (χ1n) is 7.25. The molecule has 0 fully saturated rings. The fourth-order valence-electron chi connectivity index (χ4n) is 2.10. The number of halogens is 5. The summed E-state index contributed by atoms with van der Waals surface area (Å²) in [4.78, 5) is 3.36. The lowest BCUT2D eigenvalue weighted by Crippen LogP contribution is -2.04. The SMILES string of the molecule is CS(=O)(=Nc1ccc(-c2noc(C(F)(F)F)n2)cc1F)c1ccc(F)cc1. The third-order valence-corrected chi connectivity index (χ3v) is 5.09. The molecule has 1 unspecified atom stereocenters. The normalized spacial score (nSPS) is 14.0. The van der Waals surface area contributed by atoms with Crippen molar-refractivity contribution in [3.05, 3.63) is 60.0 Å². The summed E-state index contributed by atoms with van der Waals surface area (Å²) in [7, 11) is -3.08. The minimum atomic E-state index is -4.82. The zero-order valence-corrected chi connectivity index (χ0v) is 14.3. The highest BCUT2D eigenvalue weighted by Gasteiger charge is 2.38. The Morgan fingerprint density at radius 1 is 1.07 bits per heavy atom. The van der Waals surface area contributed by atoms with Gasteiger partial charge in [-0.05, 0) is 42.5 Å². The van der Waals surface area contributed by atoms with Gasteiger partial charge in [-0.3, -0.25) is 0 Å². The van der Waals surface area contributed by atoms with Gasteiger partial charge in [0.2, 0.25) is 5.82 Å². The first-order chi connectivity index (χ1) is 12.6. The molecule has 27 heavy (non-hydrogen) atoms. The van der Waals surface area contributed by atoms with Crippen molar-refractivity contribution < 1.29 is 30.7 Å². The van der Waals surface area contributed by atoms with Gasteiger partial charge in [0, 0.05) is 16.7 Å². The molecule has 1 heterocycles. The van der Waals surface area contributed by atoms with E-state index in [0.717, 1.165) is 24.3 Å². The van der Waals surface area contributed by atoms with E-state index in [4.69, 9.17) is 0 Å². The highest BCUT2D eigenvalue weighted by atomic mass is 32.2. The van der Waals surface area contributed by atoms with E-state index in [2.05, 4.69) is 19.0 Å². The maximum Gasteiger partial charge on any atom is 0.471 e. The van der Waals surface area contributed by atoms with Gasteiger partial charge in [-0.2, -0.15) is 22.5 Å². The molecule has 0 saturated carbocycles. The Balaban J connectivity index is 1.96. The minimum Gasteiger partial charge on any atom is -0.329 e. The second kappa shape index (κ2) is 6.72. The summed E-state index contributed by atoms with van der Waals surface area (Å²) >= 11 is 0. The highest BCUT2D eigenvalue weighted by Crippen LogP contribution is 2.31.